The molecule has 0 saturated heterocycles. The van der Waals surface area contributed by atoms with Crippen molar-refractivity contribution in [1.29, 1.82) is 0 Å². The molecule has 4 heteroatoms. The maximum atomic E-state index is 6.07. The first-order valence-corrected chi connectivity index (χ1v) is 7.49. The molecule has 0 unspecified atom stereocenters. The third kappa shape index (κ3) is 1.90. The van der Waals surface area contributed by atoms with E-state index in [1.165, 1.54) is 17.8 Å². The molecule has 0 radical (unpaired) electrons. The zero-order valence-corrected chi connectivity index (χ0v) is 12.4. The first kappa shape index (κ1) is 13.4. The molecule has 1 aromatic carbocycles. The number of benzene rings is 1. The number of aryl methyl sites for hydroxylation is 1. The van der Waals surface area contributed by atoms with E-state index in [9.17, 15) is 0 Å². The van der Waals surface area contributed by atoms with Crippen LogP contribution in [0.15, 0.2) is 18.2 Å². The smallest absolute Gasteiger partial charge is 0.121 e. The molecule has 0 atom stereocenters. The van der Waals surface area contributed by atoms with Crippen LogP contribution in [-0.2, 0) is 12.0 Å². The summed E-state index contributed by atoms with van der Waals surface area (Å²) in [7, 11) is 1.69. The number of rotatable bonds is 5. The van der Waals surface area contributed by atoms with Crippen LogP contribution in [0.2, 0.25) is 0 Å². The van der Waals surface area contributed by atoms with E-state index in [-0.39, 0.29) is 5.41 Å². The summed E-state index contributed by atoms with van der Waals surface area (Å²) in [6.45, 7) is 3.89. The molecule has 0 amide bonds. The van der Waals surface area contributed by atoms with Crippen LogP contribution in [0.3, 0.4) is 0 Å². The average molecular weight is 273 g/mol. The van der Waals surface area contributed by atoms with Gasteiger partial charge in [0.25, 0.3) is 0 Å². The van der Waals surface area contributed by atoms with Crippen molar-refractivity contribution >= 4 is 11.0 Å². The molecule has 1 heterocycles. The van der Waals surface area contributed by atoms with Gasteiger partial charge in [0.15, 0.2) is 0 Å². The number of imidazole rings is 1. The van der Waals surface area contributed by atoms with Gasteiger partial charge in [-0.05, 0) is 31.4 Å². The standard InChI is InChI=1S/C16H23N3O/c1-3-9-19-14-6-5-12(20-2)10-13(14)18-15(19)16(11-17)7-4-8-16/h5-6,10H,3-4,7-9,11,17H2,1-2H3. The Bertz CT molecular complexity index is 608. The van der Waals surface area contributed by atoms with Crippen LogP contribution < -0.4 is 10.5 Å². The second kappa shape index (κ2) is 5.09. The van der Waals surface area contributed by atoms with Crippen molar-refractivity contribution < 1.29 is 4.74 Å². The Morgan fingerprint density at radius 3 is 2.75 bits per heavy atom. The van der Waals surface area contributed by atoms with E-state index in [4.69, 9.17) is 15.5 Å². The van der Waals surface area contributed by atoms with E-state index in [2.05, 4.69) is 17.6 Å². The minimum atomic E-state index is 0.0986. The zero-order valence-electron chi connectivity index (χ0n) is 12.4. The molecule has 1 fully saturated rings. The third-order valence-electron chi connectivity index (χ3n) is 4.58. The largest absolute Gasteiger partial charge is 0.497 e. The third-order valence-corrected chi connectivity index (χ3v) is 4.58. The number of ether oxygens (including phenoxy) is 1. The quantitative estimate of drug-likeness (QED) is 0.911. The number of fused-ring (bicyclic) bond motifs is 1. The average Bonchev–Trinajstić information content (AvgIpc) is 2.77. The highest BCUT2D eigenvalue weighted by Crippen LogP contribution is 2.43. The lowest BCUT2D eigenvalue weighted by molar-refractivity contribution is 0.231. The van der Waals surface area contributed by atoms with Gasteiger partial charge in [0.2, 0.25) is 0 Å². The molecule has 2 aromatic rings. The Morgan fingerprint density at radius 1 is 1.40 bits per heavy atom. The molecule has 1 saturated carbocycles. The van der Waals surface area contributed by atoms with Gasteiger partial charge in [0.1, 0.15) is 11.6 Å². The van der Waals surface area contributed by atoms with Crippen LogP contribution in [0, 0.1) is 0 Å². The molecule has 108 valence electrons. The van der Waals surface area contributed by atoms with Gasteiger partial charge in [-0.15, -0.1) is 0 Å². The van der Waals surface area contributed by atoms with E-state index in [0.29, 0.717) is 6.54 Å². The molecule has 4 nitrogen and oxygen atoms in total. The second-order valence-electron chi connectivity index (χ2n) is 5.78. The van der Waals surface area contributed by atoms with Gasteiger partial charge < -0.3 is 15.0 Å². The van der Waals surface area contributed by atoms with Gasteiger partial charge in [-0.3, -0.25) is 0 Å². The highest BCUT2D eigenvalue weighted by atomic mass is 16.5. The van der Waals surface area contributed by atoms with Crippen molar-refractivity contribution in [3.63, 3.8) is 0 Å². The SMILES string of the molecule is CCCn1c(C2(CN)CCC2)nc2cc(OC)ccc21. The summed E-state index contributed by atoms with van der Waals surface area (Å²) < 4.78 is 7.67. The van der Waals surface area contributed by atoms with Crippen molar-refractivity contribution in [1.82, 2.24) is 9.55 Å². The normalized spacial score (nSPS) is 17.1. The van der Waals surface area contributed by atoms with Crippen molar-refractivity contribution in [3.8, 4) is 5.75 Å². The molecular formula is C16H23N3O. The van der Waals surface area contributed by atoms with Crippen LogP contribution in [0.5, 0.6) is 5.75 Å². The van der Waals surface area contributed by atoms with Crippen LogP contribution in [-0.4, -0.2) is 23.2 Å². The van der Waals surface area contributed by atoms with Gasteiger partial charge in [-0.2, -0.15) is 0 Å². The number of aromatic nitrogens is 2. The second-order valence-corrected chi connectivity index (χ2v) is 5.78. The van der Waals surface area contributed by atoms with Crippen molar-refractivity contribution in [2.45, 2.75) is 44.6 Å². The van der Waals surface area contributed by atoms with Gasteiger partial charge in [0.05, 0.1) is 18.1 Å². The van der Waals surface area contributed by atoms with E-state index >= 15 is 0 Å². The number of nitrogens with two attached hydrogens (primary N) is 1. The lowest BCUT2D eigenvalue weighted by Crippen LogP contribution is -2.43. The summed E-state index contributed by atoms with van der Waals surface area (Å²) in [6.07, 6.45) is 4.68. The summed E-state index contributed by atoms with van der Waals surface area (Å²) >= 11 is 0. The number of hydrogen-bond donors (Lipinski definition) is 1. The summed E-state index contributed by atoms with van der Waals surface area (Å²) in [5, 5.41) is 0. The first-order chi connectivity index (χ1) is 9.74. The van der Waals surface area contributed by atoms with Crippen molar-refractivity contribution in [2.75, 3.05) is 13.7 Å². The van der Waals surface area contributed by atoms with E-state index < -0.39 is 0 Å². The van der Waals surface area contributed by atoms with Crippen LogP contribution >= 0.6 is 0 Å². The fraction of sp³-hybridized carbons (Fsp3) is 0.562. The van der Waals surface area contributed by atoms with Gasteiger partial charge in [-0.25, -0.2) is 4.98 Å². The summed E-state index contributed by atoms with van der Waals surface area (Å²) in [4.78, 5) is 4.91. The van der Waals surface area contributed by atoms with E-state index in [1.807, 2.05) is 12.1 Å². The maximum absolute atomic E-state index is 6.07. The highest BCUT2D eigenvalue weighted by Gasteiger charge is 2.41. The molecule has 0 spiro atoms. The predicted octanol–water partition coefficient (Wildman–Crippen LogP) is 2.84. The molecule has 20 heavy (non-hydrogen) atoms. The van der Waals surface area contributed by atoms with Crippen molar-refractivity contribution in [3.05, 3.63) is 24.0 Å². The zero-order chi connectivity index (χ0) is 14.2. The number of nitrogens with zero attached hydrogens (tertiary/aromatic N) is 2. The summed E-state index contributed by atoms with van der Waals surface area (Å²) in [6, 6.07) is 6.15. The predicted molar refractivity (Wildman–Crippen MR) is 81.2 cm³/mol. The lowest BCUT2D eigenvalue weighted by Gasteiger charge is -2.40. The monoisotopic (exact) mass is 273 g/mol. The van der Waals surface area contributed by atoms with Crippen LogP contribution in [0.4, 0.5) is 0 Å². The first-order valence-electron chi connectivity index (χ1n) is 7.49. The topological polar surface area (TPSA) is 53.1 Å². The Kier molecular flexibility index (Phi) is 3.42. The highest BCUT2D eigenvalue weighted by molar-refractivity contribution is 5.78. The summed E-state index contributed by atoms with van der Waals surface area (Å²) in [5.74, 6) is 2.04. The van der Waals surface area contributed by atoms with Gasteiger partial charge in [0, 0.05) is 24.6 Å². The van der Waals surface area contributed by atoms with Crippen molar-refractivity contribution in [2.24, 2.45) is 5.73 Å². The maximum Gasteiger partial charge on any atom is 0.121 e. The minimum Gasteiger partial charge on any atom is -0.497 e. The molecule has 1 aliphatic carbocycles. The molecule has 1 aliphatic rings. The molecule has 0 aliphatic heterocycles. The minimum absolute atomic E-state index is 0.0986. The lowest BCUT2D eigenvalue weighted by atomic mass is 9.68. The van der Waals surface area contributed by atoms with Crippen LogP contribution in [0.1, 0.15) is 38.4 Å². The summed E-state index contributed by atoms with van der Waals surface area (Å²) in [5.41, 5.74) is 8.38. The molecule has 0 bridgehead atoms. The van der Waals surface area contributed by atoms with E-state index in [1.54, 1.807) is 7.11 Å². The van der Waals surface area contributed by atoms with E-state index in [0.717, 1.165) is 37.1 Å². The fourth-order valence-electron chi connectivity index (χ4n) is 3.21. The van der Waals surface area contributed by atoms with Crippen LogP contribution in [0.25, 0.3) is 11.0 Å². The molecule has 1 aromatic heterocycles. The fourth-order valence-corrected chi connectivity index (χ4v) is 3.21. The number of hydrogen-bond acceptors (Lipinski definition) is 3. The Morgan fingerprint density at radius 2 is 2.20 bits per heavy atom. The molecular weight excluding hydrogens is 250 g/mol. The van der Waals surface area contributed by atoms with Gasteiger partial charge in [-0.1, -0.05) is 13.3 Å². The number of methoxy groups -OCH3 is 1. The molecule has 2 N–H and O–H groups in total. The van der Waals surface area contributed by atoms with Gasteiger partial charge >= 0.3 is 0 Å². The Labute approximate surface area is 119 Å². The Balaban J connectivity index is 2.17. The Hall–Kier alpha value is -1.55. The molecule has 3 rings (SSSR count).